The molecule has 1 aromatic rings. The van der Waals surface area contributed by atoms with Crippen LogP contribution in [0.15, 0.2) is 30.3 Å². The molecule has 3 nitrogen and oxygen atoms in total. The summed E-state index contributed by atoms with van der Waals surface area (Å²) in [5, 5.41) is 9.43. The minimum Gasteiger partial charge on any atom is -0.494 e. The number of carbonyl (C=O) groups is 1. The van der Waals surface area contributed by atoms with Crippen LogP contribution in [0.1, 0.15) is 38.5 Å². The zero-order chi connectivity index (χ0) is 12.8. The van der Waals surface area contributed by atoms with E-state index in [9.17, 15) is 9.90 Å². The van der Waals surface area contributed by atoms with E-state index in [4.69, 9.17) is 4.74 Å². The zero-order valence-corrected chi connectivity index (χ0v) is 10.6. The Hall–Kier alpha value is -1.51. The second kappa shape index (κ2) is 5.89. The first-order chi connectivity index (χ1) is 8.73. The molecule has 1 aliphatic carbocycles. The van der Waals surface area contributed by atoms with Gasteiger partial charge in [-0.25, -0.2) is 0 Å². The molecule has 3 heteroatoms. The first-order valence-corrected chi connectivity index (χ1v) is 6.64. The molecule has 0 unspecified atom stereocenters. The Labute approximate surface area is 108 Å². The summed E-state index contributed by atoms with van der Waals surface area (Å²) in [6.45, 7) is 0.482. The number of benzene rings is 1. The van der Waals surface area contributed by atoms with Crippen molar-refractivity contribution >= 4 is 5.97 Å². The van der Waals surface area contributed by atoms with Gasteiger partial charge in [-0.3, -0.25) is 4.79 Å². The molecule has 0 bridgehead atoms. The quantitative estimate of drug-likeness (QED) is 0.867. The van der Waals surface area contributed by atoms with E-state index in [0.29, 0.717) is 13.0 Å². The monoisotopic (exact) mass is 248 g/mol. The largest absolute Gasteiger partial charge is 0.494 e. The maximum Gasteiger partial charge on any atom is 0.309 e. The average Bonchev–Trinajstić information content (AvgIpc) is 2.41. The van der Waals surface area contributed by atoms with Crippen molar-refractivity contribution in [2.45, 2.75) is 38.5 Å². The number of hydrogen-bond donors (Lipinski definition) is 1. The highest BCUT2D eigenvalue weighted by Gasteiger charge is 2.39. The minimum atomic E-state index is -0.654. The van der Waals surface area contributed by atoms with Crippen molar-refractivity contribution in [3.8, 4) is 5.75 Å². The van der Waals surface area contributed by atoms with Crippen molar-refractivity contribution in [2.75, 3.05) is 6.61 Å². The van der Waals surface area contributed by atoms with Gasteiger partial charge in [0.05, 0.1) is 12.0 Å². The second-order valence-electron chi connectivity index (χ2n) is 5.06. The van der Waals surface area contributed by atoms with E-state index in [1.165, 1.54) is 0 Å². The summed E-state index contributed by atoms with van der Waals surface area (Å²) in [6.07, 6.45) is 5.40. The van der Waals surface area contributed by atoms with Crippen LogP contribution >= 0.6 is 0 Å². The zero-order valence-electron chi connectivity index (χ0n) is 10.6. The van der Waals surface area contributed by atoms with Gasteiger partial charge in [-0.1, -0.05) is 37.5 Å². The number of rotatable bonds is 5. The summed E-state index contributed by atoms with van der Waals surface area (Å²) in [5.41, 5.74) is -0.549. The molecule has 2 rings (SSSR count). The van der Waals surface area contributed by atoms with Gasteiger partial charge >= 0.3 is 5.97 Å². The molecule has 0 amide bonds. The molecule has 1 fully saturated rings. The van der Waals surface area contributed by atoms with E-state index < -0.39 is 11.4 Å². The van der Waals surface area contributed by atoms with E-state index in [0.717, 1.165) is 37.9 Å². The summed E-state index contributed by atoms with van der Waals surface area (Å²) in [7, 11) is 0. The van der Waals surface area contributed by atoms with E-state index >= 15 is 0 Å². The fourth-order valence-corrected chi connectivity index (χ4v) is 2.68. The third kappa shape index (κ3) is 3.03. The van der Waals surface area contributed by atoms with Gasteiger partial charge in [-0.2, -0.15) is 0 Å². The molecule has 0 aliphatic heterocycles. The van der Waals surface area contributed by atoms with Crippen molar-refractivity contribution in [3.63, 3.8) is 0 Å². The fraction of sp³-hybridized carbons (Fsp3) is 0.533. The van der Waals surface area contributed by atoms with Gasteiger partial charge in [0, 0.05) is 0 Å². The van der Waals surface area contributed by atoms with E-state index in [-0.39, 0.29) is 0 Å². The standard InChI is InChI=1S/C15H20O3/c16-14(17)15(9-5-2-6-10-15)11-12-18-13-7-3-1-4-8-13/h1,3-4,7-8H,2,5-6,9-12H2,(H,16,17). The van der Waals surface area contributed by atoms with Crippen molar-refractivity contribution in [1.29, 1.82) is 0 Å². The number of carboxylic acid groups (broad SMARTS) is 1. The van der Waals surface area contributed by atoms with Gasteiger partial charge in [-0.15, -0.1) is 0 Å². The van der Waals surface area contributed by atoms with Gasteiger partial charge in [0.2, 0.25) is 0 Å². The molecule has 1 saturated carbocycles. The highest BCUT2D eigenvalue weighted by Crippen LogP contribution is 2.39. The van der Waals surface area contributed by atoms with Crippen LogP contribution in [0, 0.1) is 5.41 Å². The van der Waals surface area contributed by atoms with Crippen molar-refractivity contribution < 1.29 is 14.6 Å². The lowest BCUT2D eigenvalue weighted by Gasteiger charge is -2.32. The number of hydrogen-bond acceptors (Lipinski definition) is 2. The second-order valence-corrected chi connectivity index (χ2v) is 5.06. The third-order valence-electron chi connectivity index (χ3n) is 3.86. The van der Waals surface area contributed by atoms with Gasteiger partial charge in [0.25, 0.3) is 0 Å². The Kier molecular flexibility index (Phi) is 4.24. The fourth-order valence-electron chi connectivity index (χ4n) is 2.68. The molecular weight excluding hydrogens is 228 g/mol. The summed E-state index contributed by atoms with van der Waals surface area (Å²) in [5.74, 6) is 0.160. The van der Waals surface area contributed by atoms with Crippen LogP contribution < -0.4 is 4.74 Å². The highest BCUT2D eigenvalue weighted by atomic mass is 16.5. The molecule has 0 aromatic heterocycles. The smallest absolute Gasteiger partial charge is 0.309 e. The van der Waals surface area contributed by atoms with Crippen LogP contribution in [0.5, 0.6) is 5.75 Å². The van der Waals surface area contributed by atoms with Gasteiger partial charge < -0.3 is 9.84 Å². The topological polar surface area (TPSA) is 46.5 Å². The normalized spacial score (nSPS) is 18.2. The molecule has 98 valence electrons. The molecule has 0 atom stereocenters. The number of ether oxygens (including phenoxy) is 1. The number of para-hydroxylation sites is 1. The van der Waals surface area contributed by atoms with Crippen LogP contribution in [-0.4, -0.2) is 17.7 Å². The predicted octanol–water partition coefficient (Wildman–Crippen LogP) is 3.49. The van der Waals surface area contributed by atoms with E-state index in [1.54, 1.807) is 0 Å². The SMILES string of the molecule is O=C(O)C1(CCOc2ccccc2)CCCCC1. The van der Waals surface area contributed by atoms with Crippen LogP contribution in [0.4, 0.5) is 0 Å². The Morgan fingerprint density at radius 1 is 1.17 bits per heavy atom. The summed E-state index contributed by atoms with van der Waals surface area (Å²) in [6, 6.07) is 9.57. The minimum absolute atomic E-state index is 0.482. The Balaban J connectivity index is 1.88. The van der Waals surface area contributed by atoms with Crippen LogP contribution in [-0.2, 0) is 4.79 Å². The molecule has 0 spiro atoms. The van der Waals surface area contributed by atoms with Crippen LogP contribution in [0.25, 0.3) is 0 Å². The van der Waals surface area contributed by atoms with Gasteiger partial charge in [0.1, 0.15) is 5.75 Å². The van der Waals surface area contributed by atoms with E-state index in [1.807, 2.05) is 30.3 Å². The number of carboxylic acids is 1. The lowest BCUT2D eigenvalue weighted by atomic mass is 9.72. The Morgan fingerprint density at radius 3 is 2.44 bits per heavy atom. The molecule has 0 saturated heterocycles. The Morgan fingerprint density at radius 2 is 1.83 bits per heavy atom. The average molecular weight is 248 g/mol. The molecule has 1 aromatic carbocycles. The maximum atomic E-state index is 11.5. The molecular formula is C15H20O3. The lowest BCUT2D eigenvalue weighted by molar-refractivity contribution is -0.152. The van der Waals surface area contributed by atoms with E-state index in [2.05, 4.69) is 0 Å². The van der Waals surface area contributed by atoms with Gasteiger partial charge in [0.15, 0.2) is 0 Å². The van der Waals surface area contributed by atoms with Gasteiger partial charge in [-0.05, 0) is 31.4 Å². The molecule has 0 radical (unpaired) electrons. The molecule has 1 N–H and O–H groups in total. The summed E-state index contributed by atoms with van der Waals surface area (Å²) >= 11 is 0. The third-order valence-corrected chi connectivity index (χ3v) is 3.86. The lowest BCUT2D eigenvalue weighted by Crippen LogP contribution is -2.34. The summed E-state index contributed by atoms with van der Waals surface area (Å²) in [4.78, 5) is 11.5. The molecule has 1 aliphatic rings. The Bertz CT molecular complexity index is 380. The highest BCUT2D eigenvalue weighted by molar-refractivity contribution is 5.74. The summed E-state index contributed by atoms with van der Waals surface area (Å²) < 4.78 is 5.62. The molecule has 0 heterocycles. The maximum absolute atomic E-state index is 11.5. The van der Waals surface area contributed by atoms with Crippen LogP contribution in [0.2, 0.25) is 0 Å². The first-order valence-electron chi connectivity index (χ1n) is 6.64. The van der Waals surface area contributed by atoms with Crippen molar-refractivity contribution in [1.82, 2.24) is 0 Å². The van der Waals surface area contributed by atoms with Crippen molar-refractivity contribution in [3.05, 3.63) is 30.3 Å². The number of aliphatic carboxylic acids is 1. The van der Waals surface area contributed by atoms with Crippen molar-refractivity contribution in [2.24, 2.45) is 5.41 Å². The first kappa shape index (κ1) is 12.9. The predicted molar refractivity (Wildman–Crippen MR) is 69.7 cm³/mol. The van der Waals surface area contributed by atoms with Crippen LogP contribution in [0.3, 0.4) is 0 Å². The molecule has 18 heavy (non-hydrogen) atoms.